The summed E-state index contributed by atoms with van der Waals surface area (Å²) in [5, 5.41) is 11.5. The summed E-state index contributed by atoms with van der Waals surface area (Å²) in [6.45, 7) is 7.31. The topological polar surface area (TPSA) is 115 Å². The first-order chi connectivity index (χ1) is 29.9. The van der Waals surface area contributed by atoms with Crippen LogP contribution < -0.4 is 20.3 Å². The number of hydrogen-bond acceptors (Lipinski definition) is 7. The molecular formula is C39H45F17N2O7Si. The molecule has 2 atom stereocenters. The first kappa shape index (κ1) is 57.6. The fourth-order valence-corrected chi connectivity index (χ4v) is 11.0. The lowest BCUT2D eigenvalue weighted by Gasteiger charge is -2.44. The van der Waals surface area contributed by atoms with Crippen LogP contribution in [0.15, 0.2) is 60.2 Å². The summed E-state index contributed by atoms with van der Waals surface area (Å²) < 4.78 is 258. The molecule has 0 fully saturated rings. The molecule has 0 aliphatic carbocycles. The predicted molar refractivity (Wildman–Crippen MR) is 203 cm³/mol. The molecule has 2 aromatic rings. The Morgan fingerprint density at radius 3 is 1.56 bits per heavy atom. The zero-order chi connectivity index (χ0) is 51.3. The highest BCUT2D eigenvalue weighted by molar-refractivity contribution is 6.76. The number of ether oxygens (including phenoxy) is 3. The van der Waals surface area contributed by atoms with Crippen LogP contribution >= 0.6 is 0 Å². The minimum atomic E-state index is -8.71. The molecule has 0 bridgehead atoms. The summed E-state index contributed by atoms with van der Waals surface area (Å²) >= 11 is 0. The molecule has 0 spiro atoms. The minimum absolute atomic E-state index is 0.0782. The number of amides is 2. The number of methoxy groups -OCH3 is 1. The summed E-state index contributed by atoms with van der Waals surface area (Å²) in [7, 11) is -2.60. The van der Waals surface area contributed by atoms with Crippen LogP contribution in [0, 0.1) is 5.92 Å². The molecule has 0 unspecified atom stereocenters. The van der Waals surface area contributed by atoms with Gasteiger partial charge in [0, 0.05) is 24.1 Å². The molecule has 376 valence electrons. The van der Waals surface area contributed by atoms with E-state index in [0.717, 1.165) is 6.08 Å². The van der Waals surface area contributed by atoms with Crippen molar-refractivity contribution in [1.82, 2.24) is 5.48 Å². The Kier molecular flexibility index (Phi) is 18.1. The molecule has 0 aliphatic rings. The zero-order valence-electron chi connectivity index (χ0n) is 35.7. The van der Waals surface area contributed by atoms with Crippen LogP contribution in [0.4, 0.5) is 85.1 Å². The van der Waals surface area contributed by atoms with Crippen molar-refractivity contribution in [2.75, 3.05) is 25.6 Å². The van der Waals surface area contributed by atoms with Gasteiger partial charge in [0.15, 0.2) is 8.32 Å². The van der Waals surface area contributed by atoms with Crippen LogP contribution in [-0.2, 0) is 14.0 Å². The molecule has 27 heteroatoms. The van der Waals surface area contributed by atoms with Crippen molar-refractivity contribution < 1.29 is 108 Å². The van der Waals surface area contributed by atoms with Crippen molar-refractivity contribution in [3.8, 4) is 11.5 Å². The van der Waals surface area contributed by atoms with Crippen LogP contribution in [0.25, 0.3) is 0 Å². The Balaban J connectivity index is 2.32. The first-order valence-electron chi connectivity index (χ1n) is 19.2. The molecule has 0 aliphatic heterocycles. The van der Waals surface area contributed by atoms with Gasteiger partial charge in [-0.05, 0) is 66.0 Å². The number of rotatable bonds is 23. The van der Waals surface area contributed by atoms with E-state index in [9.17, 15) is 75.4 Å². The van der Waals surface area contributed by atoms with E-state index >= 15 is 8.78 Å². The third-order valence-corrected chi connectivity index (χ3v) is 16.4. The smallest absolute Gasteiger partial charge is 0.460 e. The maximum Gasteiger partial charge on any atom is 0.460 e. The Hall–Kier alpha value is -4.53. The van der Waals surface area contributed by atoms with E-state index in [1.807, 2.05) is 0 Å². The lowest BCUT2D eigenvalue weighted by atomic mass is 9.88. The maximum atomic E-state index is 15.0. The van der Waals surface area contributed by atoms with Crippen molar-refractivity contribution in [1.29, 1.82) is 0 Å². The van der Waals surface area contributed by atoms with Crippen LogP contribution in [-0.4, -0.2) is 93.5 Å². The van der Waals surface area contributed by atoms with Crippen molar-refractivity contribution in [3.05, 3.63) is 65.7 Å². The number of hydrogen-bond donors (Lipinski definition) is 3. The van der Waals surface area contributed by atoms with Crippen LogP contribution in [0.5, 0.6) is 11.5 Å². The van der Waals surface area contributed by atoms with E-state index in [0.29, 0.717) is 22.6 Å². The van der Waals surface area contributed by atoms with Gasteiger partial charge in [0.05, 0.1) is 13.7 Å². The fraction of sp³-hybridized carbons (Fsp3) is 0.590. The van der Waals surface area contributed by atoms with Crippen molar-refractivity contribution in [2.24, 2.45) is 5.92 Å². The Morgan fingerprint density at radius 1 is 0.667 bits per heavy atom. The van der Waals surface area contributed by atoms with Gasteiger partial charge in [0.1, 0.15) is 24.2 Å². The summed E-state index contributed by atoms with van der Waals surface area (Å²) in [5.41, 5.74) is 0.619. The minimum Gasteiger partial charge on any atom is -0.497 e. The normalized spacial score (nSPS) is 15.1. The summed E-state index contributed by atoms with van der Waals surface area (Å²) in [4.78, 5) is 24.8. The monoisotopic (exact) mass is 1000 g/mol. The van der Waals surface area contributed by atoms with Crippen LogP contribution in [0.3, 0.4) is 0 Å². The highest BCUT2D eigenvalue weighted by Gasteiger charge is 2.95. The standard InChI is InChI=1S/C39H45F17N2O7Si/c1-21(2)66(22(3)4,19-16-32(40,41)33(42,43)34(44,45)35(46,47)36(48,49)37(50,51)38(52,53)39(54,55)56)64-18-17-63-28-12-8-25(9-13-28)30(24(6)23(5)20-29(59)58-61)65-31(60)57-26-10-14-27(62-7)15-11-26/h8-15,20-22,24,30,61H,16-19H2,1-7H3,(H,57,60)(H,58,59)/b23-20+/t24-,30+/m0/s1. The lowest BCUT2D eigenvalue weighted by Crippen LogP contribution is -2.74. The van der Waals surface area contributed by atoms with Crippen molar-refractivity contribution >= 4 is 26.0 Å². The van der Waals surface area contributed by atoms with Crippen LogP contribution in [0.1, 0.15) is 59.6 Å². The molecule has 2 amide bonds. The average molecular weight is 1000 g/mol. The van der Waals surface area contributed by atoms with Crippen LogP contribution in [0.2, 0.25) is 17.1 Å². The van der Waals surface area contributed by atoms with Crippen molar-refractivity contribution in [3.63, 3.8) is 0 Å². The first-order valence-corrected chi connectivity index (χ1v) is 21.5. The molecule has 66 heavy (non-hydrogen) atoms. The highest BCUT2D eigenvalue weighted by atomic mass is 28.4. The Bertz CT molecular complexity index is 1960. The molecule has 2 rings (SSSR count). The Labute approximate surface area is 367 Å². The second-order valence-electron chi connectivity index (χ2n) is 15.5. The molecule has 0 heterocycles. The van der Waals surface area contributed by atoms with E-state index < -0.39 is 117 Å². The highest BCUT2D eigenvalue weighted by Crippen LogP contribution is 2.64. The number of halogens is 17. The van der Waals surface area contributed by atoms with E-state index in [1.54, 1.807) is 19.1 Å². The largest absolute Gasteiger partial charge is 0.497 e. The van der Waals surface area contributed by atoms with Crippen molar-refractivity contribution in [2.45, 2.75) is 119 Å². The van der Waals surface area contributed by atoms with Gasteiger partial charge in [0.2, 0.25) is 0 Å². The van der Waals surface area contributed by atoms with Gasteiger partial charge in [0.25, 0.3) is 5.91 Å². The van der Waals surface area contributed by atoms with E-state index in [1.165, 1.54) is 83.6 Å². The molecule has 0 aromatic heterocycles. The van der Waals surface area contributed by atoms with Gasteiger partial charge in [-0.15, -0.1) is 0 Å². The summed E-state index contributed by atoms with van der Waals surface area (Å²) in [5.74, 6) is -57.9. The number of benzene rings is 2. The molecule has 9 nitrogen and oxygen atoms in total. The molecular weight excluding hydrogens is 959 g/mol. The van der Waals surface area contributed by atoms with E-state index in [2.05, 4.69) is 5.32 Å². The lowest BCUT2D eigenvalue weighted by molar-refractivity contribution is -0.461. The second kappa shape index (κ2) is 20.8. The number of anilines is 1. The summed E-state index contributed by atoms with van der Waals surface area (Å²) in [6.07, 6.45) is -11.4. The zero-order valence-corrected chi connectivity index (χ0v) is 36.7. The maximum absolute atomic E-state index is 15.0. The Morgan fingerprint density at radius 2 is 1.12 bits per heavy atom. The van der Waals surface area contributed by atoms with Gasteiger partial charge < -0.3 is 18.6 Å². The number of nitrogens with one attached hydrogen (secondary N) is 2. The quantitative estimate of drug-likeness (QED) is 0.0254. The molecule has 0 saturated heterocycles. The third kappa shape index (κ3) is 11.4. The van der Waals surface area contributed by atoms with Gasteiger partial charge in [-0.1, -0.05) is 52.3 Å². The SMILES string of the molecule is COc1ccc(NC(=O)O[C@@H](c2ccc(OCCO[Si](CCC(F)(F)C(F)(F)C(F)(F)C(F)(F)C(F)(F)C(F)(F)C(F)(F)C(F)(F)F)(C(C)C)C(C)C)cc2)[C@@H](C)/C(C)=C/C(=O)NO)cc1. The van der Waals surface area contributed by atoms with Gasteiger partial charge >= 0.3 is 53.7 Å². The fourth-order valence-electron chi connectivity index (χ4n) is 6.51. The third-order valence-electron chi connectivity index (χ3n) is 10.7. The number of carbonyl (C=O) groups is 2. The average Bonchev–Trinajstić information content (AvgIpc) is 3.21. The molecule has 0 radical (unpaired) electrons. The van der Waals surface area contributed by atoms with Gasteiger partial charge in [-0.2, -0.15) is 74.6 Å². The van der Waals surface area contributed by atoms with E-state index in [-0.39, 0.29) is 5.75 Å². The van der Waals surface area contributed by atoms with Gasteiger partial charge in [-0.3, -0.25) is 15.3 Å². The second-order valence-corrected chi connectivity index (χ2v) is 20.5. The number of carbonyl (C=O) groups excluding carboxylic acids is 2. The van der Waals surface area contributed by atoms with E-state index in [4.69, 9.17) is 23.8 Å². The molecule has 3 N–H and O–H groups in total. The summed E-state index contributed by atoms with van der Waals surface area (Å²) in [6, 6.07) is 10.4. The molecule has 2 aromatic carbocycles. The number of alkyl halides is 17. The predicted octanol–water partition coefficient (Wildman–Crippen LogP) is 12.6. The molecule has 0 saturated carbocycles. The van der Waals surface area contributed by atoms with Gasteiger partial charge in [-0.25, -0.2) is 10.3 Å². The number of hydroxylamine groups is 1.